The van der Waals surface area contributed by atoms with Crippen LogP contribution in [-0.4, -0.2) is 16.9 Å². The highest BCUT2D eigenvalue weighted by molar-refractivity contribution is 7.13. The molecule has 1 fully saturated rings. The lowest BCUT2D eigenvalue weighted by Gasteiger charge is -2.11. The van der Waals surface area contributed by atoms with E-state index in [0.717, 1.165) is 23.3 Å². The second kappa shape index (κ2) is 5.53. The Morgan fingerprint density at radius 1 is 1.21 bits per heavy atom. The van der Waals surface area contributed by atoms with Crippen LogP contribution in [0, 0.1) is 0 Å². The summed E-state index contributed by atoms with van der Waals surface area (Å²) in [5.41, 5.74) is 3.36. The lowest BCUT2D eigenvalue weighted by atomic mass is 10.1. The molecule has 1 saturated carbocycles. The van der Waals surface area contributed by atoms with Crippen LogP contribution in [0.25, 0.3) is 10.4 Å². The number of hydrogen-bond donors (Lipinski definition) is 1. The van der Waals surface area contributed by atoms with E-state index in [-0.39, 0.29) is 5.91 Å². The van der Waals surface area contributed by atoms with Gasteiger partial charge in [0.05, 0.1) is 10.4 Å². The zero-order chi connectivity index (χ0) is 13.1. The van der Waals surface area contributed by atoms with E-state index in [4.69, 9.17) is 0 Å². The number of carbonyl (C=O) groups excluding carboxylic acids is 1. The molecule has 0 bridgehead atoms. The number of benzene rings is 1. The average Bonchev–Trinajstić information content (AvgIpc) is 3.10. The average molecular weight is 272 g/mol. The number of hydrogen-bond acceptors (Lipinski definition) is 3. The Morgan fingerprint density at radius 2 is 1.95 bits per heavy atom. The highest BCUT2D eigenvalue weighted by atomic mass is 32.1. The van der Waals surface area contributed by atoms with Crippen LogP contribution in [0.3, 0.4) is 0 Å². The minimum atomic E-state index is -0.0352. The highest BCUT2D eigenvalue weighted by Crippen LogP contribution is 2.28. The monoisotopic (exact) mass is 272 g/mol. The molecule has 98 valence electrons. The van der Waals surface area contributed by atoms with E-state index < -0.39 is 0 Å². The van der Waals surface area contributed by atoms with Crippen LogP contribution in [0.1, 0.15) is 36.2 Å². The molecule has 1 N–H and O–H groups in total. The normalized spacial score (nSPS) is 15.6. The van der Waals surface area contributed by atoms with Crippen LogP contribution in [-0.2, 0) is 0 Å². The van der Waals surface area contributed by atoms with Gasteiger partial charge in [0.25, 0.3) is 5.91 Å². The summed E-state index contributed by atoms with van der Waals surface area (Å²) in [7, 11) is 0. The van der Waals surface area contributed by atoms with Gasteiger partial charge >= 0.3 is 0 Å². The van der Waals surface area contributed by atoms with Crippen molar-refractivity contribution in [2.45, 2.75) is 31.7 Å². The minimum Gasteiger partial charge on any atom is -0.348 e. The van der Waals surface area contributed by atoms with Crippen LogP contribution in [0.5, 0.6) is 0 Å². The molecule has 0 radical (unpaired) electrons. The van der Waals surface area contributed by atoms with Crippen molar-refractivity contribution >= 4 is 17.2 Å². The van der Waals surface area contributed by atoms with Gasteiger partial charge in [0.15, 0.2) is 0 Å². The predicted octanol–water partition coefficient (Wildman–Crippen LogP) is 3.48. The SMILES string of the molecule is O=C(NC1CCCC1)c1ncsc1-c1ccccc1. The van der Waals surface area contributed by atoms with E-state index >= 15 is 0 Å². The molecule has 3 rings (SSSR count). The molecule has 3 nitrogen and oxygen atoms in total. The summed E-state index contributed by atoms with van der Waals surface area (Å²) in [5, 5.41) is 3.10. The Kier molecular flexibility index (Phi) is 3.60. The molecule has 0 aliphatic heterocycles. The predicted molar refractivity (Wildman–Crippen MR) is 77.3 cm³/mol. The Hall–Kier alpha value is -1.68. The summed E-state index contributed by atoms with van der Waals surface area (Å²) in [6, 6.07) is 10.3. The quantitative estimate of drug-likeness (QED) is 0.929. The third kappa shape index (κ3) is 2.68. The van der Waals surface area contributed by atoms with Crippen molar-refractivity contribution in [2.24, 2.45) is 0 Å². The first-order chi connectivity index (χ1) is 9.34. The molecule has 1 aliphatic rings. The molecule has 0 atom stereocenters. The van der Waals surface area contributed by atoms with Gasteiger partial charge in [-0.3, -0.25) is 4.79 Å². The van der Waals surface area contributed by atoms with Crippen LogP contribution in [0.15, 0.2) is 35.8 Å². The molecule has 1 aromatic heterocycles. The number of amides is 1. The second-order valence-electron chi connectivity index (χ2n) is 4.85. The molecule has 1 heterocycles. The fraction of sp³-hybridized carbons (Fsp3) is 0.333. The molecule has 1 aromatic carbocycles. The highest BCUT2D eigenvalue weighted by Gasteiger charge is 2.21. The third-order valence-corrected chi connectivity index (χ3v) is 4.38. The fourth-order valence-corrected chi connectivity index (χ4v) is 3.32. The van der Waals surface area contributed by atoms with Gasteiger partial charge in [-0.2, -0.15) is 0 Å². The molecule has 0 saturated heterocycles. The van der Waals surface area contributed by atoms with E-state index in [1.165, 1.54) is 24.2 Å². The lowest BCUT2D eigenvalue weighted by molar-refractivity contribution is 0.0934. The van der Waals surface area contributed by atoms with Crippen molar-refractivity contribution in [3.8, 4) is 10.4 Å². The molecule has 1 amide bonds. The number of nitrogens with one attached hydrogen (secondary N) is 1. The number of rotatable bonds is 3. The maximum Gasteiger partial charge on any atom is 0.271 e. The largest absolute Gasteiger partial charge is 0.348 e. The molecular weight excluding hydrogens is 256 g/mol. The van der Waals surface area contributed by atoms with Gasteiger partial charge in [-0.15, -0.1) is 11.3 Å². The molecule has 19 heavy (non-hydrogen) atoms. The van der Waals surface area contributed by atoms with E-state index in [0.29, 0.717) is 11.7 Å². The molecule has 0 unspecified atom stereocenters. The minimum absolute atomic E-state index is 0.0352. The maximum absolute atomic E-state index is 12.3. The number of nitrogens with zero attached hydrogens (tertiary/aromatic N) is 1. The summed E-state index contributed by atoms with van der Waals surface area (Å²) >= 11 is 1.52. The van der Waals surface area contributed by atoms with E-state index in [1.54, 1.807) is 5.51 Å². The van der Waals surface area contributed by atoms with Crippen LogP contribution < -0.4 is 5.32 Å². The first-order valence-electron chi connectivity index (χ1n) is 6.64. The number of aromatic nitrogens is 1. The van der Waals surface area contributed by atoms with E-state index in [1.807, 2.05) is 30.3 Å². The summed E-state index contributed by atoms with van der Waals surface area (Å²) in [6.45, 7) is 0. The zero-order valence-corrected chi connectivity index (χ0v) is 11.5. The van der Waals surface area contributed by atoms with Gasteiger partial charge in [0.2, 0.25) is 0 Å². The van der Waals surface area contributed by atoms with Crippen LogP contribution >= 0.6 is 11.3 Å². The Morgan fingerprint density at radius 3 is 2.68 bits per heavy atom. The lowest BCUT2D eigenvalue weighted by Crippen LogP contribution is -2.33. The first kappa shape index (κ1) is 12.4. The molecular formula is C15H16N2OS. The third-order valence-electron chi connectivity index (χ3n) is 3.51. The summed E-state index contributed by atoms with van der Waals surface area (Å²) < 4.78 is 0. The number of thiazole rings is 1. The van der Waals surface area contributed by atoms with E-state index in [2.05, 4.69) is 10.3 Å². The van der Waals surface area contributed by atoms with Crippen molar-refractivity contribution < 1.29 is 4.79 Å². The van der Waals surface area contributed by atoms with Gasteiger partial charge in [-0.05, 0) is 18.4 Å². The van der Waals surface area contributed by atoms with Crippen molar-refractivity contribution in [3.05, 3.63) is 41.5 Å². The molecule has 4 heteroatoms. The fourth-order valence-electron chi connectivity index (χ4n) is 2.53. The topological polar surface area (TPSA) is 42.0 Å². The summed E-state index contributed by atoms with van der Waals surface area (Å²) in [4.78, 5) is 17.5. The number of carbonyl (C=O) groups is 1. The Labute approximate surface area is 116 Å². The van der Waals surface area contributed by atoms with Crippen molar-refractivity contribution in [1.29, 1.82) is 0 Å². The van der Waals surface area contributed by atoms with Crippen LogP contribution in [0.4, 0.5) is 0 Å². The Bertz CT molecular complexity index is 559. The van der Waals surface area contributed by atoms with Crippen molar-refractivity contribution in [2.75, 3.05) is 0 Å². The summed E-state index contributed by atoms with van der Waals surface area (Å²) in [6.07, 6.45) is 4.62. The molecule has 1 aliphatic carbocycles. The summed E-state index contributed by atoms with van der Waals surface area (Å²) in [5.74, 6) is -0.0352. The van der Waals surface area contributed by atoms with Gasteiger partial charge in [-0.1, -0.05) is 43.2 Å². The first-order valence-corrected chi connectivity index (χ1v) is 7.52. The van der Waals surface area contributed by atoms with Gasteiger partial charge in [-0.25, -0.2) is 4.98 Å². The Balaban J connectivity index is 1.81. The van der Waals surface area contributed by atoms with Crippen LogP contribution in [0.2, 0.25) is 0 Å². The smallest absolute Gasteiger partial charge is 0.271 e. The van der Waals surface area contributed by atoms with Crippen molar-refractivity contribution in [3.63, 3.8) is 0 Å². The van der Waals surface area contributed by atoms with E-state index in [9.17, 15) is 4.79 Å². The van der Waals surface area contributed by atoms with Gasteiger partial charge in [0.1, 0.15) is 5.69 Å². The molecule has 2 aromatic rings. The second-order valence-corrected chi connectivity index (χ2v) is 5.71. The van der Waals surface area contributed by atoms with Gasteiger partial charge < -0.3 is 5.32 Å². The zero-order valence-electron chi connectivity index (χ0n) is 10.6. The standard InChI is InChI=1S/C15H16N2OS/c18-15(17-12-8-4-5-9-12)13-14(19-10-16-13)11-6-2-1-3-7-11/h1-3,6-7,10,12H,4-5,8-9H2,(H,17,18). The van der Waals surface area contributed by atoms with Crippen molar-refractivity contribution in [1.82, 2.24) is 10.3 Å². The maximum atomic E-state index is 12.3. The van der Waals surface area contributed by atoms with Gasteiger partial charge in [0, 0.05) is 6.04 Å². The molecule has 0 spiro atoms.